The van der Waals surface area contributed by atoms with Gasteiger partial charge in [0.25, 0.3) is 5.91 Å². The number of carbonyl (C=O) groups is 2. The van der Waals surface area contributed by atoms with Crippen molar-refractivity contribution in [1.82, 2.24) is 5.32 Å². The van der Waals surface area contributed by atoms with Gasteiger partial charge in [-0.3, -0.25) is 9.59 Å². The van der Waals surface area contributed by atoms with Gasteiger partial charge in [-0.2, -0.15) is 0 Å². The molecule has 0 atom stereocenters. The fraction of sp³-hybridized carbons (Fsp3) is 0.500. The molecule has 1 aliphatic carbocycles. The third-order valence-electron chi connectivity index (χ3n) is 3.31. The van der Waals surface area contributed by atoms with E-state index in [4.69, 9.17) is 4.74 Å². The lowest BCUT2D eigenvalue weighted by molar-refractivity contribution is -0.125. The molecule has 0 aromatic carbocycles. The van der Waals surface area contributed by atoms with Crippen LogP contribution in [0.3, 0.4) is 0 Å². The summed E-state index contributed by atoms with van der Waals surface area (Å²) in [6, 6.07) is 0.267. The number of Topliss-reactive ketones (excluding diaryl/α,β-unsaturated/α-hetero) is 1. The fourth-order valence-corrected chi connectivity index (χ4v) is 2.10. The molecule has 0 bridgehead atoms. The zero-order chi connectivity index (χ0) is 15.0. The molecule has 1 aliphatic rings. The third kappa shape index (κ3) is 5.87. The number of amides is 1. The van der Waals surface area contributed by atoms with Crippen molar-refractivity contribution in [3.8, 4) is 0 Å². The number of allylic oxidation sites excluding steroid dienone is 3. The van der Waals surface area contributed by atoms with Crippen LogP contribution in [0.25, 0.3) is 0 Å². The highest BCUT2D eigenvalue weighted by Gasteiger charge is 2.15. The van der Waals surface area contributed by atoms with E-state index in [2.05, 4.69) is 18.5 Å². The second kappa shape index (κ2) is 8.35. The summed E-state index contributed by atoms with van der Waals surface area (Å²) >= 11 is 0. The topological polar surface area (TPSA) is 55.4 Å². The Morgan fingerprint density at radius 3 is 2.50 bits per heavy atom. The summed E-state index contributed by atoms with van der Waals surface area (Å²) in [7, 11) is 0. The van der Waals surface area contributed by atoms with Gasteiger partial charge in [-0.05, 0) is 31.9 Å². The van der Waals surface area contributed by atoms with Gasteiger partial charge in [-0.15, -0.1) is 0 Å². The van der Waals surface area contributed by atoms with Gasteiger partial charge in [0.1, 0.15) is 5.76 Å². The first-order chi connectivity index (χ1) is 9.52. The number of ether oxygens (including phenoxy) is 1. The van der Waals surface area contributed by atoms with E-state index < -0.39 is 0 Å². The molecule has 0 heterocycles. The molecule has 0 spiro atoms. The number of nitrogens with one attached hydrogen (secondary N) is 1. The van der Waals surface area contributed by atoms with Crippen molar-refractivity contribution >= 4 is 11.7 Å². The van der Waals surface area contributed by atoms with E-state index >= 15 is 0 Å². The van der Waals surface area contributed by atoms with Crippen molar-refractivity contribution < 1.29 is 14.3 Å². The van der Waals surface area contributed by atoms with Crippen LogP contribution in [0.1, 0.15) is 39.0 Å². The average Bonchev–Trinajstić information content (AvgIpc) is 2.44. The summed E-state index contributed by atoms with van der Waals surface area (Å²) in [6.45, 7) is 8.55. The molecule has 0 unspecified atom stereocenters. The van der Waals surface area contributed by atoms with Gasteiger partial charge in [0.05, 0.1) is 0 Å². The zero-order valence-electron chi connectivity index (χ0n) is 12.1. The molecule has 0 radical (unpaired) electrons. The molecule has 0 saturated heterocycles. The Kier molecular flexibility index (Phi) is 6.77. The molecule has 4 nitrogen and oxygen atoms in total. The summed E-state index contributed by atoms with van der Waals surface area (Å²) in [4.78, 5) is 22.8. The molecule has 1 saturated carbocycles. The van der Waals surface area contributed by atoms with Gasteiger partial charge in [0.15, 0.2) is 12.4 Å². The number of carbonyl (C=O) groups excluding carboxylic acids is 2. The highest BCUT2D eigenvalue weighted by molar-refractivity contribution is 5.95. The second-order valence-electron chi connectivity index (χ2n) is 5.02. The van der Waals surface area contributed by atoms with Gasteiger partial charge in [0.2, 0.25) is 0 Å². The molecule has 1 fully saturated rings. The Labute approximate surface area is 120 Å². The first-order valence-electron chi connectivity index (χ1n) is 6.99. The second-order valence-corrected chi connectivity index (χ2v) is 5.02. The molecule has 4 heteroatoms. The first kappa shape index (κ1) is 16.2. The number of hydrogen-bond donors (Lipinski definition) is 1. The van der Waals surface area contributed by atoms with Crippen molar-refractivity contribution in [3.05, 3.63) is 36.6 Å². The zero-order valence-corrected chi connectivity index (χ0v) is 12.1. The van der Waals surface area contributed by atoms with Crippen molar-refractivity contribution in [2.75, 3.05) is 6.61 Å². The van der Waals surface area contributed by atoms with Crippen LogP contribution in [0.5, 0.6) is 0 Å². The van der Waals surface area contributed by atoms with Crippen LogP contribution in [-0.4, -0.2) is 24.3 Å². The largest absolute Gasteiger partial charge is 0.484 e. The van der Waals surface area contributed by atoms with Crippen LogP contribution in [0.15, 0.2) is 36.6 Å². The minimum Gasteiger partial charge on any atom is -0.484 e. The van der Waals surface area contributed by atoms with Crippen LogP contribution in [0, 0.1) is 0 Å². The lowest BCUT2D eigenvalue weighted by atomic mass is 9.95. The Bertz CT molecular complexity index is 417. The third-order valence-corrected chi connectivity index (χ3v) is 3.31. The maximum absolute atomic E-state index is 11.8. The lowest BCUT2D eigenvalue weighted by Crippen LogP contribution is -2.38. The Morgan fingerprint density at radius 1 is 1.30 bits per heavy atom. The highest BCUT2D eigenvalue weighted by atomic mass is 16.5. The van der Waals surface area contributed by atoms with Gasteiger partial charge in [-0.25, -0.2) is 0 Å². The van der Waals surface area contributed by atoms with Gasteiger partial charge >= 0.3 is 0 Å². The Hall–Kier alpha value is -1.84. The normalized spacial score (nSPS) is 16.4. The fourth-order valence-electron chi connectivity index (χ4n) is 2.10. The van der Waals surface area contributed by atoms with Crippen LogP contribution in [0.4, 0.5) is 0 Å². The molecule has 1 N–H and O–H groups in total. The highest BCUT2D eigenvalue weighted by Crippen LogP contribution is 2.17. The van der Waals surface area contributed by atoms with Crippen LogP contribution in [-0.2, 0) is 14.3 Å². The van der Waals surface area contributed by atoms with Crippen molar-refractivity contribution in [3.63, 3.8) is 0 Å². The molecular weight excluding hydrogens is 254 g/mol. The predicted molar refractivity (Wildman–Crippen MR) is 79.1 cm³/mol. The van der Waals surface area contributed by atoms with Gasteiger partial charge in [-0.1, -0.05) is 32.4 Å². The van der Waals surface area contributed by atoms with E-state index in [1.807, 2.05) is 0 Å². The monoisotopic (exact) mass is 277 g/mol. The number of rotatable bonds is 7. The van der Waals surface area contributed by atoms with E-state index in [9.17, 15) is 9.59 Å². The predicted octanol–water partition coefficient (Wildman–Crippen LogP) is 2.67. The molecule has 0 aromatic heterocycles. The molecular formula is C16H23NO3. The van der Waals surface area contributed by atoms with E-state index in [0.29, 0.717) is 11.3 Å². The van der Waals surface area contributed by atoms with E-state index in [1.165, 1.54) is 38.3 Å². The molecule has 1 amide bonds. The molecule has 1 rings (SSSR count). The van der Waals surface area contributed by atoms with Crippen LogP contribution >= 0.6 is 0 Å². The maximum Gasteiger partial charge on any atom is 0.258 e. The summed E-state index contributed by atoms with van der Waals surface area (Å²) in [5, 5.41) is 2.96. The van der Waals surface area contributed by atoms with E-state index in [-0.39, 0.29) is 24.3 Å². The Balaban J connectivity index is 2.39. The maximum atomic E-state index is 11.8. The molecule has 0 aromatic rings. The van der Waals surface area contributed by atoms with Crippen molar-refractivity contribution in [1.29, 1.82) is 0 Å². The number of hydrogen-bond acceptors (Lipinski definition) is 3. The van der Waals surface area contributed by atoms with Crippen molar-refractivity contribution in [2.45, 2.75) is 45.1 Å². The minimum absolute atomic E-state index is 0.0699. The minimum atomic E-state index is -0.141. The standard InChI is InChI=1S/C16H23NO3/c1-4-15(10-12(2)13(3)18)20-11-16(19)17-14-8-6-5-7-9-14/h4,10,14H,1-2,5-9,11H2,3H3,(H,17,19)/b15-10+. The summed E-state index contributed by atoms with van der Waals surface area (Å²) in [5.41, 5.74) is 0.326. The Morgan fingerprint density at radius 2 is 1.95 bits per heavy atom. The van der Waals surface area contributed by atoms with Gasteiger partial charge < -0.3 is 10.1 Å². The molecule has 0 aliphatic heterocycles. The smallest absolute Gasteiger partial charge is 0.258 e. The van der Waals surface area contributed by atoms with Crippen molar-refractivity contribution in [2.24, 2.45) is 0 Å². The average molecular weight is 277 g/mol. The summed E-state index contributed by atoms with van der Waals surface area (Å²) < 4.78 is 5.33. The number of ketones is 1. The molecule has 110 valence electrons. The van der Waals surface area contributed by atoms with E-state index in [1.54, 1.807) is 0 Å². The van der Waals surface area contributed by atoms with Gasteiger partial charge in [0, 0.05) is 11.6 Å². The summed E-state index contributed by atoms with van der Waals surface area (Å²) in [5.74, 6) is 0.0988. The van der Waals surface area contributed by atoms with Crippen LogP contribution < -0.4 is 5.32 Å². The van der Waals surface area contributed by atoms with Crippen LogP contribution in [0.2, 0.25) is 0 Å². The SMILES string of the molecule is C=C/C(=C\C(=C)C(C)=O)OCC(=O)NC1CCCCC1. The quantitative estimate of drug-likeness (QED) is 0.442. The van der Waals surface area contributed by atoms with E-state index in [0.717, 1.165) is 12.8 Å². The molecule has 20 heavy (non-hydrogen) atoms. The first-order valence-corrected chi connectivity index (χ1v) is 6.99. The summed E-state index contributed by atoms with van der Waals surface area (Å²) in [6.07, 6.45) is 8.61. The lowest BCUT2D eigenvalue weighted by Gasteiger charge is -2.22.